The first-order valence-electron chi connectivity index (χ1n) is 8.17. The van der Waals surface area contributed by atoms with Crippen molar-refractivity contribution in [2.24, 2.45) is 5.92 Å². The smallest absolute Gasteiger partial charge is 0.331 e. The zero-order valence-corrected chi connectivity index (χ0v) is 13.6. The van der Waals surface area contributed by atoms with Crippen molar-refractivity contribution in [1.29, 1.82) is 0 Å². The third kappa shape index (κ3) is 9.64. The maximum Gasteiger partial charge on any atom is 0.331 e. The molecule has 0 aromatic rings. The molecule has 0 aromatic carbocycles. The fourth-order valence-corrected chi connectivity index (χ4v) is 2.59. The molecule has 0 aliphatic carbocycles. The summed E-state index contributed by atoms with van der Waals surface area (Å²) in [5.74, 6) is -0.681. The number of allylic oxidation sites excluding steroid dienone is 1. The van der Waals surface area contributed by atoms with Crippen LogP contribution in [0.15, 0.2) is 11.1 Å². The van der Waals surface area contributed by atoms with E-state index in [4.69, 9.17) is 15.3 Å². The summed E-state index contributed by atoms with van der Waals surface area (Å²) in [7, 11) is 0. The van der Waals surface area contributed by atoms with Gasteiger partial charge in [-0.05, 0) is 39.0 Å². The second-order valence-corrected chi connectivity index (χ2v) is 5.81. The SMILES string of the molecule is CC(C(=O)O)=C(C)C(CCO)CCCCCCCCCO. The van der Waals surface area contributed by atoms with E-state index in [0.717, 1.165) is 37.7 Å². The molecule has 0 radical (unpaired) electrons. The first-order valence-corrected chi connectivity index (χ1v) is 8.17. The van der Waals surface area contributed by atoms with Crippen molar-refractivity contribution in [3.8, 4) is 0 Å². The van der Waals surface area contributed by atoms with E-state index in [1.54, 1.807) is 6.92 Å². The maximum atomic E-state index is 11.0. The largest absolute Gasteiger partial charge is 0.478 e. The number of carbonyl (C=O) groups is 1. The minimum atomic E-state index is -0.862. The lowest BCUT2D eigenvalue weighted by Crippen LogP contribution is -2.10. The van der Waals surface area contributed by atoms with Gasteiger partial charge in [0.25, 0.3) is 0 Å². The standard InChI is InChI=1S/C17H32O4/c1-14(15(2)17(20)21)16(11-13-19)10-8-6-4-3-5-7-9-12-18/h16,18-19H,3-13H2,1-2H3,(H,20,21). The van der Waals surface area contributed by atoms with Gasteiger partial charge in [0.05, 0.1) is 0 Å². The molecule has 0 aliphatic heterocycles. The molecule has 1 unspecified atom stereocenters. The van der Waals surface area contributed by atoms with Crippen molar-refractivity contribution in [3.63, 3.8) is 0 Å². The molecule has 4 nitrogen and oxygen atoms in total. The Hall–Kier alpha value is -0.870. The lowest BCUT2D eigenvalue weighted by molar-refractivity contribution is -0.132. The Morgan fingerprint density at radius 1 is 0.810 bits per heavy atom. The lowest BCUT2D eigenvalue weighted by Gasteiger charge is -2.18. The number of rotatable bonds is 13. The van der Waals surface area contributed by atoms with Crippen LogP contribution in [-0.2, 0) is 4.79 Å². The summed E-state index contributed by atoms with van der Waals surface area (Å²) in [6.07, 6.45) is 9.40. The number of aliphatic hydroxyl groups excluding tert-OH is 2. The van der Waals surface area contributed by atoms with Gasteiger partial charge in [-0.15, -0.1) is 0 Å². The van der Waals surface area contributed by atoms with Crippen LogP contribution in [-0.4, -0.2) is 34.5 Å². The van der Waals surface area contributed by atoms with Crippen LogP contribution >= 0.6 is 0 Å². The van der Waals surface area contributed by atoms with Gasteiger partial charge in [-0.3, -0.25) is 0 Å². The van der Waals surface area contributed by atoms with Crippen LogP contribution in [0.25, 0.3) is 0 Å². The topological polar surface area (TPSA) is 77.8 Å². The quantitative estimate of drug-likeness (QED) is 0.359. The molecule has 0 rings (SSSR count). The molecular formula is C17H32O4. The molecule has 0 bridgehead atoms. The molecule has 0 saturated carbocycles. The number of carboxylic acids is 1. The van der Waals surface area contributed by atoms with Gasteiger partial charge in [-0.1, -0.05) is 44.1 Å². The molecular weight excluding hydrogens is 268 g/mol. The molecule has 0 fully saturated rings. The summed E-state index contributed by atoms with van der Waals surface area (Å²) in [4.78, 5) is 11.0. The first-order chi connectivity index (χ1) is 10.0. The number of aliphatic hydroxyl groups is 2. The maximum absolute atomic E-state index is 11.0. The predicted octanol–water partition coefficient (Wildman–Crippen LogP) is 3.52. The Balaban J connectivity index is 4.01. The minimum Gasteiger partial charge on any atom is -0.478 e. The molecule has 0 aliphatic rings. The van der Waals surface area contributed by atoms with Crippen LogP contribution in [0.1, 0.15) is 71.6 Å². The second-order valence-electron chi connectivity index (χ2n) is 5.81. The van der Waals surface area contributed by atoms with Crippen molar-refractivity contribution in [2.75, 3.05) is 13.2 Å². The molecule has 0 spiro atoms. The van der Waals surface area contributed by atoms with E-state index < -0.39 is 5.97 Å². The van der Waals surface area contributed by atoms with Crippen LogP contribution in [0, 0.1) is 5.92 Å². The van der Waals surface area contributed by atoms with Gasteiger partial charge in [0.2, 0.25) is 0 Å². The van der Waals surface area contributed by atoms with Gasteiger partial charge in [-0.2, -0.15) is 0 Å². The summed E-state index contributed by atoms with van der Waals surface area (Å²) < 4.78 is 0. The van der Waals surface area contributed by atoms with Crippen LogP contribution in [0.4, 0.5) is 0 Å². The van der Waals surface area contributed by atoms with Crippen LogP contribution in [0.2, 0.25) is 0 Å². The summed E-state index contributed by atoms with van der Waals surface area (Å²) in [5.41, 5.74) is 1.32. The van der Waals surface area contributed by atoms with E-state index in [2.05, 4.69) is 0 Å². The molecule has 124 valence electrons. The molecule has 3 N–H and O–H groups in total. The van der Waals surface area contributed by atoms with Gasteiger partial charge in [0.15, 0.2) is 0 Å². The van der Waals surface area contributed by atoms with E-state index >= 15 is 0 Å². The van der Waals surface area contributed by atoms with Crippen LogP contribution < -0.4 is 0 Å². The van der Waals surface area contributed by atoms with E-state index in [-0.39, 0.29) is 19.1 Å². The zero-order valence-electron chi connectivity index (χ0n) is 13.6. The van der Waals surface area contributed by atoms with Crippen molar-refractivity contribution < 1.29 is 20.1 Å². The number of carboxylic acid groups (broad SMARTS) is 1. The summed E-state index contributed by atoms with van der Waals surface area (Å²) in [6.45, 7) is 3.91. The highest BCUT2D eigenvalue weighted by Crippen LogP contribution is 2.25. The predicted molar refractivity (Wildman–Crippen MR) is 85.2 cm³/mol. The molecule has 21 heavy (non-hydrogen) atoms. The number of unbranched alkanes of at least 4 members (excludes halogenated alkanes) is 6. The van der Waals surface area contributed by atoms with Crippen molar-refractivity contribution in [1.82, 2.24) is 0 Å². The van der Waals surface area contributed by atoms with Crippen molar-refractivity contribution >= 4 is 5.97 Å². The Morgan fingerprint density at radius 2 is 1.33 bits per heavy atom. The van der Waals surface area contributed by atoms with E-state index in [1.165, 1.54) is 19.3 Å². The fourth-order valence-electron chi connectivity index (χ4n) is 2.59. The molecule has 0 aromatic heterocycles. The number of aliphatic carboxylic acids is 1. The van der Waals surface area contributed by atoms with Crippen molar-refractivity contribution in [3.05, 3.63) is 11.1 Å². The van der Waals surface area contributed by atoms with Crippen LogP contribution in [0.3, 0.4) is 0 Å². The highest BCUT2D eigenvalue weighted by molar-refractivity contribution is 5.86. The monoisotopic (exact) mass is 300 g/mol. The minimum absolute atomic E-state index is 0.107. The Labute approximate surface area is 128 Å². The first kappa shape index (κ1) is 20.1. The second kappa shape index (κ2) is 12.8. The molecule has 1 atom stereocenters. The summed E-state index contributed by atoms with van der Waals surface area (Å²) >= 11 is 0. The van der Waals surface area contributed by atoms with E-state index in [9.17, 15) is 4.79 Å². The van der Waals surface area contributed by atoms with E-state index in [0.29, 0.717) is 12.0 Å². The average Bonchev–Trinajstić information content (AvgIpc) is 2.47. The molecule has 0 heterocycles. The van der Waals surface area contributed by atoms with Gasteiger partial charge >= 0.3 is 5.97 Å². The van der Waals surface area contributed by atoms with Gasteiger partial charge in [0, 0.05) is 18.8 Å². The number of hydrogen-bond donors (Lipinski definition) is 3. The molecule has 0 amide bonds. The molecule has 0 saturated heterocycles. The number of hydrogen-bond acceptors (Lipinski definition) is 3. The highest BCUT2D eigenvalue weighted by atomic mass is 16.4. The molecule has 4 heteroatoms. The van der Waals surface area contributed by atoms with Gasteiger partial charge in [0.1, 0.15) is 0 Å². The Bertz CT molecular complexity index is 310. The lowest BCUT2D eigenvalue weighted by atomic mass is 9.88. The average molecular weight is 300 g/mol. The van der Waals surface area contributed by atoms with Crippen molar-refractivity contribution in [2.45, 2.75) is 71.6 Å². The van der Waals surface area contributed by atoms with E-state index in [1.807, 2.05) is 6.92 Å². The Morgan fingerprint density at radius 3 is 1.81 bits per heavy atom. The zero-order chi connectivity index (χ0) is 16.1. The highest BCUT2D eigenvalue weighted by Gasteiger charge is 2.15. The third-order valence-electron chi connectivity index (χ3n) is 4.21. The fraction of sp³-hybridized carbons (Fsp3) is 0.824. The summed E-state index contributed by atoms with van der Waals surface area (Å²) in [5, 5.41) is 26.9. The third-order valence-corrected chi connectivity index (χ3v) is 4.21. The van der Waals surface area contributed by atoms with Crippen LogP contribution in [0.5, 0.6) is 0 Å². The Kier molecular flexibility index (Phi) is 12.3. The normalized spacial score (nSPS) is 13.9. The van der Waals surface area contributed by atoms with Gasteiger partial charge in [-0.25, -0.2) is 4.79 Å². The van der Waals surface area contributed by atoms with Gasteiger partial charge < -0.3 is 15.3 Å². The summed E-state index contributed by atoms with van der Waals surface area (Å²) in [6, 6.07) is 0.